The Bertz CT molecular complexity index is 1380. The molecule has 0 aliphatic rings. The molecule has 0 saturated heterocycles. The molecule has 0 atom stereocenters. The molecule has 0 bridgehead atoms. The highest BCUT2D eigenvalue weighted by Gasteiger charge is 2.18. The Balaban J connectivity index is 2.30. The van der Waals surface area contributed by atoms with Crippen molar-refractivity contribution in [3.8, 4) is 11.8 Å². The van der Waals surface area contributed by atoms with Gasteiger partial charge in [-0.1, -0.05) is 44.5 Å². The van der Waals surface area contributed by atoms with Gasteiger partial charge in [-0.25, -0.2) is 8.78 Å². The number of carbonyl (C=O) groups excluding carboxylic acids is 1. The van der Waals surface area contributed by atoms with Gasteiger partial charge in [-0.2, -0.15) is 5.26 Å². The van der Waals surface area contributed by atoms with Gasteiger partial charge in [0.15, 0.2) is 5.57 Å². The molecule has 33 heavy (non-hydrogen) atoms. The highest BCUT2D eigenvalue weighted by Crippen LogP contribution is 2.12. The number of rotatable bonds is 7. The fourth-order valence-electron chi connectivity index (χ4n) is 3.20. The zero-order valence-corrected chi connectivity index (χ0v) is 19.1. The minimum absolute atomic E-state index is 0.0153. The number of nitrogens with one attached hydrogen (secondary N) is 1. The van der Waals surface area contributed by atoms with Gasteiger partial charge in [-0.3, -0.25) is 14.2 Å². The Labute approximate surface area is 193 Å². The van der Waals surface area contributed by atoms with Gasteiger partial charge >= 0.3 is 0 Å². The molecule has 170 valence electrons. The summed E-state index contributed by atoms with van der Waals surface area (Å²) < 4.78 is 29.3. The van der Waals surface area contributed by atoms with Crippen molar-refractivity contribution in [2.75, 3.05) is 6.54 Å². The number of nitriles is 1. The molecule has 0 saturated carbocycles. The second kappa shape index (κ2) is 10.8. The highest BCUT2D eigenvalue weighted by atomic mass is 32.1. The summed E-state index contributed by atoms with van der Waals surface area (Å²) in [5.74, 6) is -2.42. The number of halogens is 2. The van der Waals surface area contributed by atoms with Gasteiger partial charge in [0, 0.05) is 12.6 Å². The van der Waals surface area contributed by atoms with Crippen LogP contribution >= 0.6 is 11.3 Å². The molecule has 0 aliphatic carbocycles. The summed E-state index contributed by atoms with van der Waals surface area (Å²) in [6, 6.07) is 12.2. The smallest absolute Gasteiger partial charge is 0.273 e. The van der Waals surface area contributed by atoms with Crippen molar-refractivity contribution in [1.29, 1.82) is 5.26 Å². The minimum atomic E-state index is -0.973. The third-order valence-corrected chi connectivity index (χ3v) is 6.12. The molecule has 0 unspecified atom stereocenters. The van der Waals surface area contributed by atoms with Gasteiger partial charge in [0.2, 0.25) is 0 Å². The van der Waals surface area contributed by atoms with Crippen LogP contribution in [0.1, 0.15) is 37.8 Å². The quantitative estimate of drug-likeness (QED) is 0.543. The summed E-state index contributed by atoms with van der Waals surface area (Å²) in [4.78, 5) is 26.0. The molecular formula is C25H23F2N3O2S. The summed E-state index contributed by atoms with van der Waals surface area (Å²) in [6.45, 7) is 4.36. The molecule has 3 aromatic rings. The fourth-order valence-corrected chi connectivity index (χ4v) is 4.29. The number of unbranched alkanes of at least 4 members (excludes halogenated alkanes) is 1. The number of nitrogens with zero attached hydrogens (tertiary/aromatic N) is 2. The molecule has 2 aromatic carbocycles. The van der Waals surface area contributed by atoms with E-state index in [1.54, 1.807) is 6.08 Å². The zero-order valence-electron chi connectivity index (χ0n) is 18.3. The Kier molecular flexibility index (Phi) is 7.91. The van der Waals surface area contributed by atoms with Crippen molar-refractivity contribution in [2.45, 2.75) is 33.1 Å². The van der Waals surface area contributed by atoms with Crippen molar-refractivity contribution >= 4 is 28.9 Å². The van der Waals surface area contributed by atoms with E-state index in [1.807, 2.05) is 44.2 Å². The monoisotopic (exact) mass is 467 g/mol. The fraction of sp³-hybridized carbons (Fsp3) is 0.240. The standard InChI is InChI=1S/C25H23F2N3O2S/c1-3-5-12-29-23(31)19(15-28)25-30(21-11-10-18(26)14-20(21)27)24(32)22(33-25)13-17-8-6-16(4-2)7-9-17/h6-11,13-14H,3-5,12H2,1-2H3,(H,29,31)/b22-13-,25-19-. The summed E-state index contributed by atoms with van der Waals surface area (Å²) >= 11 is 0.913. The largest absolute Gasteiger partial charge is 0.351 e. The average molecular weight is 468 g/mol. The Morgan fingerprint density at radius 1 is 1.18 bits per heavy atom. The van der Waals surface area contributed by atoms with Gasteiger partial charge < -0.3 is 5.32 Å². The maximum Gasteiger partial charge on any atom is 0.273 e. The number of amides is 1. The molecule has 0 radical (unpaired) electrons. The normalized spacial score (nSPS) is 12.4. The van der Waals surface area contributed by atoms with E-state index >= 15 is 0 Å². The molecule has 1 N–H and O–H groups in total. The molecule has 1 amide bonds. The van der Waals surface area contributed by atoms with E-state index in [9.17, 15) is 23.6 Å². The summed E-state index contributed by atoms with van der Waals surface area (Å²) in [5.41, 5.74) is 0.734. The second-order valence-corrected chi connectivity index (χ2v) is 8.37. The first-order valence-electron chi connectivity index (χ1n) is 10.6. The molecule has 8 heteroatoms. The molecule has 0 fully saturated rings. The van der Waals surface area contributed by atoms with Crippen molar-refractivity contribution in [3.05, 3.63) is 84.8 Å². The lowest BCUT2D eigenvalue weighted by molar-refractivity contribution is -0.115. The maximum atomic E-state index is 14.6. The van der Waals surface area contributed by atoms with E-state index in [0.717, 1.165) is 58.4 Å². The van der Waals surface area contributed by atoms with E-state index in [4.69, 9.17) is 0 Å². The van der Waals surface area contributed by atoms with E-state index in [2.05, 4.69) is 5.32 Å². The Hall–Kier alpha value is -3.57. The van der Waals surface area contributed by atoms with Gasteiger partial charge in [-0.05, 0) is 42.2 Å². The Morgan fingerprint density at radius 2 is 1.91 bits per heavy atom. The number of aryl methyl sites for hydroxylation is 1. The van der Waals surface area contributed by atoms with Crippen molar-refractivity contribution in [2.24, 2.45) is 0 Å². The summed E-state index contributed by atoms with van der Waals surface area (Å²) in [7, 11) is 0. The van der Waals surface area contributed by atoms with Crippen molar-refractivity contribution in [1.82, 2.24) is 9.88 Å². The molecule has 0 aliphatic heterocycles. The maximum absolute atomic E-state index is 14.6. The van der Waals surface area contributed by atoms with Crippen LogP contribution in [0.25, 0.3) is 17.3 Å². The molecule has 1 heterocycles. The average Bonchev–Trinajstić information content (AvgIpc) is 3.10. The number of aromatic nitrogens is 1. The van der Waals surface area contributed by atoms with E-state index in [-0.39, 0.29) is 20.5 Å². The van der Waals surface area contributed by atoms with Gasteiger partial charge in [-0.15, -0.1) is 11.3 Å². The number of thiazole rings is 1. The summed E-state index contributed by atoms with van der Waals surface area (Å²) in [6.07, 6.45) is 4.06. The predicted molar refractivity (Wildman–Crippen MR) is 125 cm³/mol. The van der Waals surface area contributed by atoms with Crippen molar-refractivity contribution < 1.29 is 13.6 Å². The van der Waals surface area contributed by atoms with Crippen LogP contribution in [0.3, 0.4) is 0 Å². The zero-order chi connectivity index (χ0) is 24.0. The Morgan fingerprint density at radius 3 is 2.52 bits per heavy atom. The van der Waals surface area contributed by atoms with Crippen LogP contribution in [-0.4, -0.2) is 17.0 Å². The molecule has 5 nitrogen and oxygen atoms in total. The lowest BCUT2D eigenvalue weighted by Crippen LogP contribution is -2.34. The first-order chi connectivity index (χ1) is 15.9. The molecule has 0 spiro atoms. The lowest BCUT2D eigenvalue weighted by Gasteiger charge is -2.06. The van der Waals surface area contributed by atoms with Gasteiger partial charge in [0.25, 0.3) is 11.5 Å². The first kappa shape index (κ1) is 24.1. The number of benzene rings is 2. The molecular weight excluding hydrogens is 444 g/mol. The second-order valence-electron chi connectivity index (χ2n) is 7.34. The molecule has 3 rings (SSSR count). The summed E-state index contributed by atoms with van der Waals surface area (Å²) in [5, 5.41) is 12.4. The van der Waals surface area contributed by atoms with Crippen LogP contribution in [0.2, 0.25) is 0 Å². The van der Waals surface area contributed by atoms with E-state index in [0.29, 0.717) is 12.6 Å². The predicted octanol–water partition coefficient (Wildman–Crippen LogP) is 3.16. The third kappa shape index (κ3) is 5.44. The lowest BCUT2D eigenvalue weighted by atomic mass is 10.1. The topological polar surface area (TPSA) is 74.9 Å². The third-order valence-electron chi connectivity index (χ3n) is 5.03. The number of hydrogen-bond acceptors (Lipinski definition) is 4. The SMILES string of the molecule is CCCCNC(=O)/C(C#N)=c1\s/c(=C\c2ccc(CC)cc2)c(=O)n1-c1ccc(F)cc1F. The van der Waals surface area contributed by atoms with Crippen LogP contribution in [0.15, 0.2) is 47.3 Å². The van der Waals surface area contributed by atoms with Crippen molar-refractivity contribution in [3.63, 3.8) is 0 Å². The van der Waals surface area contributed by atoms with Gasteiger partial charge in [0.05, 0.1) is 10.2 Å². The van der Waals surface area contributed by atoms with Crippen LogP contribution in [0.5, 0.6) is 0 Å². The van der Waals surface area contributed by atoms with Crippen LogP contribution in [0, 0.1) is 23.0 Å². The minimum Gasteiger partial charge on any atom is -0.351 e. The number of carbonyl (C=O) groups is 1. The van der Waals surface area contributed by atoms with Crippen LogP contribution in [0.4, 0.5) is 8.78 Å². The highest BCUT2D eigenvalue weighted by molar-refractivity contribution is 7.07. The first-order valence-corrected chi connectivity index (χ1v) is 11.4. The number of hydrogen-bond donors (Lipinski definition) is 1. The van der Waals surface area contributed by atoms with E-state index < -0.39 is 23.1 Å². The van der Waals surface area contributed by atoms with Gasteiger partial charge in [0.1, 0.15) is 22.4 Å². The molecule has 1 aromatic heterocycles. The van der Waals surface area contributed by atoms with E-state index in [1.165, 1.54) is 0 Å². The van der Waals surface area contributed by atoms with Crippen LogP contribution in [-0.2, 0) is 11.2 Å². The van der Waals surface area contributed by atoms with Crippen LogP contribution < -0.4 is 20.1 Å².